The zero-order valence-corrected chi connectivity index (χ0v) is 16.3. The summed E-state index contributed by atoms with van der Waals surface area (Å²) in [4.78, 5) is 34.3. The van der Waals surface area contributed by atoms with E-state index in [1.807, 2.05) is 30.3 Å². The van der Waals surface area contributed by atoms with E-state index in [0.29, 0.717) is 30.2 Å². The maximum atomic E-state index is 12.6. The van der Waals surface area contributed by atoms with Gasteiger partial charge < -0.3 is 15.0 Å². The van der Waals surface area contributed by atoms with Crippen molar-refractivity contribution in [3.63, 3.8) is 0 Å². The molecule has 29 heavy (non-hydrogen) atoms. The van der Waals surface area contributed by atoms with Crippen molar-refractivity contribution in [3.05, 3.63) is 83.7 Å². The van der Waals surface area contributed by atoms with Gasteiger partial charge in [-0.1, -0.05) is 30.3 Å². The third-order valence-electron chi connectivity index (χ3n) is 4.16. The Labute approximate surface area is 169 Å². The standard InChI is InChI=1S/C22H22N4O3/c1-3-29-21(28)17-9-11-19(12-10-17)25-22-23-13-18(14-24-22)20(27)26(2)15-16-7-5-4-6-8-16/h4-14H,3,15H2,1-2H3,(H,23,24,25). The Bertz CT molecular complexity index is 958. The fraction of sp³-hybridized carbons (Fsp3) is 0.182. The number of nitrogens with one attached hydrogen (secondary N) is 1. The predicted octanol–water partition coefficient (Wildman–Crippen LogP) is 3.67. The van der Waals surface area contributed by atoms with Crippen molar-refractivity contribution in [1.29, 1.82) is 0 Å². The van der Waals surface area contributed by atoms with E-state index in [-0.39, 0.29) is 11.9 Å². The molecule has 0 radical (unpaired) electrons. The monoisotopic (exact) mass is 390 g/mol. The number of ether oxygens (including phenoxy) is 1. The second-order valence-corrected chi connectivity index (χ2v) is 6.36. The molecule has 0 unspecified atom stereocenters. The number of benzene rings is 2. The fourth-order valence-electron chi connectivity index (χ4n) is 2.69. The number of esters is 1. The lowest BCUT2D eigenvalue weighted by molar-refractivity contribution is 0.0526. The minimum Gasteiger partial charge on any atom is -0.462 e. The number of hydrogen-bond acceptors (Lipinski definition) is 6. The molecule has 3 rings (SSSR count). The normalized spacial score (nSPS) is 10.3. The number of amides is 1. The minimum absolute atomic E-state index is 0.154. The van der Waals surface area contributed by atoms with Gasteiger partial charge in [0.15, 0.2) is 0 Å². The van der Waals surface area contributed by atoms with Gasteiger partial charge in [0.1, 0.15) is 0 Å². The van der Waals surface area contributed by atoms with Gasteiger partial charge in [0.05, 0.1) is 17.7 Å². The van der Waals surface area contributed by atoms with Gasteiger partial charge in [0.25, 0.3) is 5.91 Å². The maximum Gasteiger partial charge on any atom is 0.338 e. The number of rotatable bonds is 7. The summed E-state index contributed by atoms with van der Waals surface area (Å²) in [5, 5.41) is 3.04. The van der Waals surface area contributed by atoms with Gasteiger partial charge in [-0.05, 0) is 36.8 Å². The maximum absolute atomic E-state index is 12.6. The molecule has 2 aromatic carbocycles. The highest BCUT2D eigenvalue weighted by atomic mass is 16.5. The summed E-state index contributed by atoms with van der Waals surface area (Å²) in [6, 6.07) is 16.6. The molecule has 0 saturated carbocycles. The lowest BCUT2D eigenvalue weighted by atomic mass is 10.2. The molecule has 1 amide bonds. The first-order valence-electron chi connectivity index (χ1n) is 9.22. The predicted molar refractivity (Wildman–Crippen MR) is 110 cm³/mol. The van der Waals surface area contributed by atoms with E-state index in [1.54, 1.807) is 43.1 Å². The van der Waals surface area contributed by atoms with Crippen LogP contribution in [-0.4, -0.2) is 40.4 Å². The number of anilines is 2. The first-order valence-corrected chi connectivity index (χ1v) is 9.22. The van der Waals surface area contributed by atoms with Crippen LogP contribution in [0, 0.1) is 0 Å². The first kappa shape index (κ1) is 20.0. The van der Waals surface area contributed by atoms with E-state index in [0.717, 1.165) is 11.3 Å². The van der Waals surface area contributed by atoms with Crippen LogP contribution in [0.15, 0.2) is 67.0 Å². The first-order chi connectivity index (χ1) is 14.1. The van der Waals surface area contributed by atoms with Crippen molar-refractivity contribution in [1.82, 2.24) is 14.9 Å². The molecule has 7 nitrogen and oxygen atoms in total. The van der Waals surface area contributed by atoms with Gasteiger partial charge in [-0.15, -0.1) is 0 Å². The minimum atomic E-state index is -0.363. The second-order valence-electron chi connectivity index (χ2n) is 6.36. The summed E-state index contributed by atoms with van der Waals surface area (Å²) in [6.07, 6.45) is 2.98. The molecule has 0 saturated heterocycles. The smallest absolute Gasteiger partial charge is 0.338 e. The molecule has 1 N–H and O–H groups in total. The van der Waals surface area contributed by atoms with Gasteiger partial charge in [0.2, 0.25) is 5.95 Å². The van der Waals surface area contributed by atoms with Crippen molar-refractivity contribution >= 4 is 23.5 Å². The van der Waals surface area contributed by atoms with E-state index >= 15 is 0 Å². The lowest BCUT2D eigenvalue weighted by Crippen LogP contribution is -2.26. The molecular weight excluding hydrogens is 368 g/mol. The van der Waals surface area contributed by atoms with Crippen molar-refractivity contribution in [2.45, 2.75) is 13.5 Å². The molecule has 0 aliphatic rings. The Morgan fingerprint density at radius 1 is 0.966 bits per heavy atom. The van der Waals surface area contributed by atoms with Crippen LogP contribution in [0.25, 0.3) is 0 Å². The number of aromatic nitrogens is 2. The second kappa shape index (κ2) is 9.45. The third kappa shape index (κ3) is 5.38. The van der Waals surface area contributed by atoms with E-state index < -0.39 is 0 Å². The highest BCUT2D eigenvalue weighted by Gasteiger charge is 2.13. The van der Waals surface area contributed by atoms with E-state index in [9.17, 15) is 9.59 Å². The summed E-state index contributed by atoms with van der Waals surface area (Å²) in [5.74, 6) is -0.159. The van der Waals surface area contributed by atoms with Gasteiger partial charge in [-0.3, -0.25) is 4.79 Å². The molecule has 1 aromatic heterocycles. The Balaban J connectivity index is 1.61. The van der Waals surface area contributed by atoms with Crippen LogP contribution in [0.5, 0.6) is 0 Å². The van der Waals surface area contributed by atoms with Crippen molar-refractivity contribution in [2.24, 2.45) is 0 Å². The number of carbonyl (C=O) groups is 2. The molecule has 148 valence electrons. The SMILES string of the molecule is CCOC(=O)c1ccc(Nc2ncc(C(=O)N(C)Cc3ccccc3)cn2)cc1. The van der Waals surface area contributed by atoms with Crippen molar-refractivity contribution in [3.8, 4) is 0 Å². The summed E-state index contributed by atoms with van der Waals surface area (Å²) in [7, 11) is 1.74. The molecule has 0 aliphatic carbocycles. The molecule has 0 aliphatic heterocycles. The molecule has 0 bridgehead atoms. The van der Waals surface area contributed by atoms with E-state index in [2.05, 4.69) is 15.3 Å². The summed E-state index contributed by atoms with van der Waals surface area (Å²) in [6.45, 7) is 2.60. The average molecular weight is 390 g/mol. The summed E-state index contributed by atoms with van der Waals surface area (Å²) < 4.78 is 4.96. The molecule has 0 atom stereocenters. The van der Waals surface area contributed by atoms with Gasteiger partial charge in [-0.25, -0.2) is 14.8 Å². The fourth-order valence-corrected chi connectivity index (χ4v) is 2.69. The molecule has 0 fully saturated rings. The molecule has 1 heterocycles. The van der Waals surface area contributed by atoms with Gasteiger partial charge >= 0.3 is 5.97 Å². The molecule has 3 aromatic rings. The van der Waals surface area contributed by atoms with Crippen molar-refractivity contribution in [2.75, 3.05) is 19.0 Å². The molecule has 7 heteroatoms. The third-order valence-corrected chi connectivity index (χ3v) is 4.16. The van der Waals surface area contributed by atoms with Crippen LogP contribution in [0.2, 0.25) is 0 Å². The molecular formula is C22H22N4O3. The van der Waals surface area contributed by atoms with Crippen molar-refractivity contribution < 1.29 is 14.3 Å². The highest BCUT2D eigenvalue weighted by molar-refractivity contribution is 5.93. The number of nitrogens with zero attached hydrogens (tertiary/aromatic N) is 3. The van der Waals surface area contributed by atoms with Crippen LogP contribution < -0.4 is 5.32 Å². The zero-order chi connectivity index (χ0) is 20.6. The van der Waals surface area contributed by atoms with Crippen LogP contribution >= 0.6 is 0 Å². The van der Waals surface area contributed by atoms with Crippen LogP contribution in [-0.2, 0) is 11.3 Å². The highest BCUT2D eigenvalue weighted by Crippen LogP contribution is 2.15. The topological polar surface area (TPSA) is 84.4 Å². The number of carbonyl (C=O) groups excluding carboxylic acids is 2. The Morgan fingerprint density at radius 2 is 1.62 bits per heavy atom. The van der Waals surface area contributed by atoms with E-state index in [1.165, 1.54) is 12.4 Å². The van der Waals surface area contributed by atoms with E-state index in [4.69, 9.17) is 4.74 Å². The summed E-state index contributed by atoms with van der Waals surface area (Å²) in [5.41, 5.74) is 2.65. The Kier molecular flexibility index (Phi) is 6.52. The Morgan fingerprint density at radius 3 is 2.24 bits per heavy atom. The van der Waals surface area contributed by atoms with Crippen LogP contribution in [0.1, 0.15) is 33.2 Å². The number of hydrogen-bond donors (Lipinski definition) is 1. The van der Waals surface area contributed by atoms with Gasteiger partial charge in [0, 0.05) is 31.7 Å². The molecule has 0 spiro atoms. The van der Waals surface area contributed by atoms with Gasteiger partial charge in [-0.2, -0.15) is 0 Å². The average Bonchev–Trinajstić information content (AvgIpc) is 2.75. The zero-order valence-electron chi connectivity index (χ0n) is 16.3. The summed E-state index contributed by atoms with van der Waals surface area (Å²) >= 11 is 0. The van der Waals surface area contributed by atoms with Crippen LogP contribution in [0.3, 0.4) is 0 Å². The Hall–Kier alpha value is -3.74. The van der Waals surface area contributed by atoms with Crippen LogP contribution in [0.4, 0.5) is 11.6 Å². The quantitative estimate of drug-likeness (QED) is 0.620. The largest absolute Gasteiger partial charge is 0.462 e. The lowest BCUT2D eigenvalue weighted by Gasteiger charge is -2.17.